The summed E-state index contributed by atoms with van der Waals surface area (Å²) in [5.74, 6) is 0.352. The zero-order valence-electron chi connectivity index (χ0n) is 11.1. The molecule has 2 saturated heterocycles. The summed E-state index contributed by atoms with van der Waals surface area (Å²) in [5, 5.41) is 6.16. The van der Waals surface area contributed by atoms with Gasteiger partial charge >= 0.3 is 0 Å². The minimum atomic E-state index is 0.0785. The maximum absolute atomic E-state index is 11.8. The van der Waals surface area contributed by atoms with Gasteiger partial charge in [-0.2, -0.15) is 0 Å². The van der Waals surface area contributed by atoms with Crippen molar-refractivity contribution in [2.24, 2.45) is 0 Å². The van der Waals surface area contributed by atoms with Gasteiger partial charge in [0, 0.05) is 44.6 Å². The van der Waals surface area contributed by atoms with E-state index >= 15 is 0 Å². The second kappa shape index (κ2) is 6.18. The van der Waals surface area contributed by atoms with Crippen LogP contribution in [0.2, 0.25) is 0 Å². The van der Waals surface area contributed by atoms with E-state index in [9.17, 15) is 9.59 Å². The zero-order valence-corrected chi connectivity index (χ0v) is 11.1. The highest BCUT2D eigenvalue weighted by Crippen LogP contribution is 2.28. The second-order valence-corrected chi connectivity index (χ2v) is 5.12. The molecule has 102 valence electrons. The summed E-state index contributed by atoms with van der Waals surface area (Å²) in [5.41, 5.74) is 0. The normalized spacial score (nSPS) is 27.2. The first kappa shape index (κ1) is 13.3. The van der Waals surface area contributed by atoms with Gasteiger partial charge in [0.25, 0.3) is 0 Å². The van der Waals surface area contributed by atoms with E-state index in [4.69, 9.17) is 0 Å². The van der Waals surface area contributed by atoms with E-state index in [2.05, 4.69) is 10.6 Å². The van der Waals surface area contributed by atoms with Crippen LogP contribution in [-0.4, -0.2) is 48.4 Å². The molecule has 2 aliphatic rings. The number of hydrogen-bond acceptors (Lipinski definition) is 3. The smallest absolute Gasteiger partial charge is 0.224 e. The molecule has 0 aromatic carbocycles. The molecule has 5 nitrogen and oxygen atoms in total. The zero-order chi connectivity index (χ0) is 13.0. The topological polar surface area (TPSA) is 61.4 Å². The van der Waals surface area contributed by atoms with Gasteiger partial charge in [0.2, 0.25) is 11.8 Å². The average molecular weight is 253 g/mol. The lowest BCUT2D eigenvalue weighted by Crippen LogP contribution is -2.46. The van der Waals surface area contributed by atoms with E-state index < -0.39 is 0 Å². The largest absolute Gasteiger partial charge is 0.356 e. The fraction of sp³-hybridized carbons (Fsp3) is 0.846. The number of nitrogens with zero attached hydrogens (tertiary/aromatic N) is 1. The minimum absolute atomic E-state index is 0.0785. The van der Waals surface area contributed by atoms with Crippen LogP contribution in [0, 0.1) is 0 Å². The Morgan fingerprint density at radius 3 is 3.06 bits per heavy atom. The third kappa shape index (κ3) is 3.02. The van der Waals surface area contributed by atoms with Crippen molar-refractivity contribution in [3.8, 4) is 0 Å². The van der Waals surface area contributed by atoms with Gasteiger partial charge in [0.05, 0.1) is 0 Å². The molecule has 18 heavy (non-hydrogen) atoms. The first-order valence-electron chi connectivity index (χ1n) is 7.02. The van der Waals surface area contributed by atoms with Crippen LogP contribution < -0.4 is 10.6 Å². The second-order valence-electron chi connectivity index (χ2n) is 5.12. The molecule has 2 amide bonds. The fourth-order valence-electron chi connectivity index (χ4n) is 2.99. The van der Waals surface area contributed by atoms with Crippen LogP contribution >= 0.6 is 0 Å². The molecule has 2 rings (SSSR count). The summed E-state index contributed by atoms with van der Waals surface area (Å²) in [6.45, 7) is 4.17. The molecular formula is C13H23N3O2. The maximum atomic E-state index is 11.8. The van der Waals surface area contributed by atoms with Crippen molar-refractivity contribution in [3.05, 3.63) is 0 Å². The van der Waals surface area contributed by atoms with Crippen LogP contribution in [-0.2, 0) is 9.59 Å². The monoisotopic (exact) mass is 253 g/mol. The molecule has 2 unspecified atom stereocenters. The third-order valence-electron chi connectivity index (χ3n) is 3.86. The molecule has 0 bridgehead atoms. The number of piperidine rings is 1. The summed E-state index contributed by atoms with van der Waals surface area (Å²) in [7, 11) is 0. The van der Waals surface area contributed by atoms with E-state index in [1.54, 1.807) is 0 Å². The molecule has 0 aromatic rings. The average Bonchev–Trinajstić information content (AvgIpc) is 2.68. The van der Waals surface area contributed by atoms with Crippen molar-refractivity contribution in [1.82, 2.24) is 15.5 Å². The van der Waals surface area contributed by atoms with Crippen molar-refractivity contribution in [2.45, 2.75) is 51.1 Å². The first-order valence-corrected chi connectivity index (χ1v) is 7.02. The van der Waals surface area contributed by atoms with Gasteiger partial charge in [0.15, 0.2) is 0 Å². The molecule has 0 aromatic heterocycles. The van der Waals surface area contributed by atoms with Gasteiger partial charge in [0.1, 0.15) is 0 Å². The molecule has 0 aliphatic carbocycles. The number of hydrogen-bond donors (Lipinski definition) is 2. The van der Waals surface area contributed by atoms with Gasteiger partial charge in [-0.1, -0.05) is 0 Å². The van der Waals surface area contributed by atoms with E-state index in [-0.39, 0.29) is 17.9 Å². The standard InChI is InChI=1S/C13H23N3O2/c1-2-14-12(17)6-7-15-10-9-13(18)16-8-4-3-5-11(10)16/h10-11,15H,2-9H2,1H3,(H,14,17). The van der Waals surface area contributed by atoms with Crippen LogP contribution in [0.1, 0.15) is 39.0 Å². The lowest BCUT2D eigenvalue weighted by Gasteiger charge is -2.32. The van der Waals surface area contributed by atoms with Gasteiger partial charge in [-0.3, -0.25) is 9.59 Å². The molecule has 2 N–H and O–H groups in total. The number of amides is 2. The Bertz CT molecular complexity index is 319. The number of carbonyl (C=O) groups excluding carboxylic acids is 2. The predicted molar refractivity (Wildman–Crippen MR) is 69.1 cm³/mol. The van der Waals surface area contributed by atoms with Crippen molar-refractivity contribution in [1.29, 1.82) is 0 Å². The molecule has 5 heteroatoms. The number of carbonyl (C=O) groups is 2. The van der Waals surface area contributed by atoms with Gasteiger partial charge in [-0.05, 0) is 26.2 Å². The van der Waals surface area contributed by atoms with Crippen LogP contribution in [0.5, 0.6) is 0 Å². The summed E-state index contributed by atoms with van der Waals surface area (Å²) in [6, 6.07) is 0.604. The SMILES string of the molecule is CCNC(=O)CCNC1CC(=O)N2CCCCC12. The molecule has 0 radical (unpaired) electrons. The highest BCUT2D eigenvalue weighted by Gasteiger charge is 2.40. The fourth-order valence-corrected chi connectivity index (χ4v) is 2.99. The van der Waals surface area contributed by atoms with Crippen molar-refractivity contribution in [3.63, 3.8) is 0 Å². The molecule has 0 spiro atoms. The molecule has 0 saturated carbocycles. The summed E-state index contributed by atoms with van der Waals surface area (Å²) < 4.78 is 0. The Labute approximate surface area is 108 Å². The Balaban J connectivity index is 1.76. The molecule has 2 heterocycles. The van der Waals surface area contributed by atoms with Crippen LogP contribution in [0.3, 0.4) is 0 Å². The predicted octanol–water partition coefficient (Wildman–Crippen LogP) is 0.256. The molecule has 2 atom stereocenters. The first-order chi connectivity index (χ1) is 8.72. The summed E-state index contributed by atoms with van der Waals surface area (Å²) in [4.78, 5) is 25.2. The van der Waals surface area contributed by atoms with E-state index in [1.807, 2.05) is 11.8 Å². The van der Waals surface area contributed by atoms with Crippen molar-refractivity contribution in [2.75, 3.05) is 19.6 Å². The Morgan fingerprint density at radius 1 is 1.44 bits per heavy atom. The highest BCUT2D eigenvalue weighted by atomic mass is 16.2. The maximum Gasteiger partial charge on any atom is 0.224 e. The van der Waals surface area contributed by atoms with Crippen molar-refractivity contribution < 1.29 is 9.59 Å². The summed E-state index contributed by atoms with van der Waals surface area (Å²) in [6.07, 6.45) is 4.53. The Kier molecular flexibility index (Phi) is 4.58. The number of nitrogens with one attached hydrogen (secondary N) is 2. The number of fused-ring (bicyclic) bond motifs is 1. The highest BCUT2D eigenvalue weighted by molar-refractivity contribution is 5.80. The number of rotatable bonds is 5. The minimum Gasteiger partial charge on any atom is -0.356 e. The summed E-state index contributed by atoms with van der Waals surface area (Å²) >= 11 is 0. The van der Waals surface area contributed by atoms with Crippen LogP contribution in [0.25, 0.3) is 0 Å². The lowest BCUT2D eigenvalue weighted by molar-refractivity contribution is -0.129. The van der Waals surface area contributed by atoms with E-state index in [1.165, 1.54) is 6.42 Å². The Hall–Kier alpha value is -1.10. The lowest BCUT2D eigenvalue weighted by atomic mass is 9.99. The quantitative estimate of drug-likeness (QED) is 0.738. The molecule has 2 aliphatic heterocycles. The molecular weight excluding hydrogens is 230 g/mol. The van der Waals surface area contributed by atoms with E-state index in [0.717, 1.165) is 19.4 Å². The van der Waals surface area contributed by atoms with Gasteiger partial charge < -0.3 is 15.5 Å². The Morgan fingerprint density at radius 2 is 2.28 bits per heavy atom. The molecule has 2 fully saturated rings. The van der Waals surface area contributed by atoms with E-state index in [0.29, 0.717) is 32.0 Å². The van der Waals surface area contributed by atoms with Crippen molar-refractivity contribution >= 4 is 11.8 Å². The van der Waals surface area contributed by atoms with Gasteiger partial charge in [-0.25, -0.2) is 0 Å². The van der Waals surface area contributed by atoms with Crippen LogP contribution in [0.4, 0.5) is 0 Å². The van der Waals surface area contributed by atoms with Crippen LogP contribution in [0.15, 0.2) is 0 Å². The van der Waals surface area contributed by atoms with Gasteiger partial charge in [-0.15, -0.1) is 0 Å². The third-order valence-corrected chi connectivity index (χ3v) is 3.86.